The smallest absolute Gasteiger partial charge is 0.238 e. The van der Waals surface area contributed by atoms with Crippen LogP contribution in [0.5, 0.6) is 5.88 Å². The minimum absolute atomic E-state index is 0.0849. The Hall–Kier alpha value is -1.98. The Balaban J connectivity index is 2.70. The molecule has 0 saturated carbocycles. The maximum Gasteiger partial charge on any atom is 0.238 e. The van der Waals surface area contributed by atoms with Gasteiger partial charge in [-0.3, -0.25) is 4.79 Å². The predicted octanol–water partition coefficient (Wildman–Crippen LogP) is 0.348. The van der Waals surface area contributed by atoms with Gasteiger partial charge in [0.2, 0.25) is 11.8 Å². The zero-order chi connectivity index (χ0) is 12.1. The van der Waals surface area contributed by atoms with Crippen molar-refractivity contribution in [2.24, 2.45) is 5.73 Å². The van der Waals surface area contributed by atoms with Crippen LogP contribution in [0.3, 0.4) is 0 Å². The summed E-state index contributed by atoms with van der Waals surface area (Å²) in [6, 6.07) is 3.32. The van der Waals surface area contributed by atoms with Gasteiger partial charge >= 0.3 is 0 Å². The monoisotopic (exact) mass is 224 g/mol. The van der Waals surface area contributed by atoms with Crippen molar-refractivity contribution in [1.82, 2.24) is 4.98 Å². The number of methoxy groups -OCH3 is 1. The Kier molecular flexibility index (Phi) is 3.93. The number of carbonyl (C=O) groups excluding carboxylic acids is 1. The Bertz CT molecular complexity index is 381. The molecule has 1 amide bonds. The normalized spacial score (nSPS) is 11.9. The lowest BCUT2D eigenvalue weighted by Crippen LogP contribution is -2.24. The molecule has 1 atom stereocenters. The summed E-state index contributed by atoms with van der Waals surface area (Å²) < 4.78 is 4.98. The molecule has 0 aliphatic heterocycles. The third-order valence-electron chi connectivity index (χ3n) is 1.98. The van der Waals surface area contributed by atoms with Crippen molar-refractivity contribution in [1.29, 1.82) is 0 Å². The number of amides is 1. The van der Waals surface area contributed by atoms with E-state index in [9.17, 15) is 4.79 Å². The molecule has 0 aromatic carbocycles. The molecule has 0 spiro atoms. The summed E-state index contributed by atoms with van der Waals surface area (Å²) in [6.07, 6.45) is 0.244. The highest BCUT2D eigenvalue weighted by molar-refractivity contribution is 5.74. The van der Waals surface area contributed by atoms with E-state index in [1.54, 1.807) is 12.1 Å². The number of nitrogen functional groups attached to an aromatic ring is 1. The van der Waals surface area contributed by atoms with E-state index in [1.165, 1.54) is 7.11 Å². The van der Waals surface area contributed by atoms with E-state index in [2.05, 4.69) is 10.3 Å². The van der Waals surface area contributed by atoms with E-state index in [4.69, 9.17) is 16.2 Å². The average Bonchev–Trinajstić information content (AvgIpc) is 2.19. The van der Waals surface area contributed by atoms with Gasteiger partial charge in [0.1, 0.15) is 5.82 Å². The summed E-state index contributed by atoms with van der Waals surface area (Å²) in [7, 11) is 1.50. The Labute approximate surface area is 94.0 Å². The lowest BCUT2D eigenvalue weighted by atomic mass is 10.2. The number of ether oxygens (including phenoxy) is 1. The molecular weight excluding hydrogens is 208 g/mol. The molecule has 1 heterocycles. The van der Waals surface area contributed by atoms with Gasteiger partial charge in [-0.25, -0.2) is 0 Å². The topological polar surface area (TPSA) is 103 Å². The van der Waals surface area contributed by atoms with Gasteiger partial charge in [0.15, 0.2) is 0 Å². The number of anilines is 2. The number of rotatable bonds is 5. The molecule has 5 N–H and O–H groups in total. The fraction of sp³-hybridized carbons (Fsp3) is 0.400. The van der Waals surface area contributed by atoms with E-state index >= 15 is 0 Å². The third-order valence-corrected chi connectivity index (χ3v) is 1.98. The van der Waals surface area contributed by atoms with Crippen molar-refractivity contribution in [2.45, 2.75) is 19.4 Å². The highest BCUT2D eigenvalue weighted by atomic mass is 16.5. The van der Waals surface area contributed by atoms with Gasteiger partial charge in [0.05, 0.1) is 12.8 Å². The van der Waals surface area contributed by atoms with Crippen molar-refractivity contribution in [3.63, 3.8) is 0 Å². The molecule has 1 unspecified atom stereocenters. The van der Waals surface area contributed by atoms with Gasteiger partial charge in [-0.15, -0.1) is 0 Å². The standard InChI is InChI=1S/C10H16N4O2/c1-6(5-8(12)15)13-9-4-3-7(11)10(14-9)16-2/h3-4,6H,5,11H2,1-2H3,(H2,12,15)(H,13,14). The summed E-state index contributed by atoms with van der Waals surface area (Å²) in [5.41, 5.74) is 11.2. The van der Waals surface area contributed by atoms with Gasteiger partial charge in [0.25, 0.3) is 0 Å². The van der Waals surface area contributed by atoms with Crippen LogP contribution in [-0.2, 0) is 4.79 Å². The van der Waals surface area contributed by atoms with Crippen molar-refractivity contribution >= 4 is 17.4 Å². The summed E-state index contributed by atoms with van der Waals surface area (Å²) in [6.45, 7) is 1.84. The Morgan fingerprint density at radius 3 is 2.88 bits per heavy atom. The zero-order valence-corrected chi connectivity index (χ0v) is 9.36. The van der Waals surface area contributed by atoms with Crippen LogP contribution in [0.1, 0.15) is 13.3 Å². The van der Waals surface area contributed by atoms with E-state index in [0.717, 1.165) is 0 Å². The number of pyridine rings is 1. The van der Waals surface area contributed by atoms with Gasteiger partial charge in [-0.2, -0.15) is 4.98 Å². The minimum atomic E-state index is -0.359. The van der Waals surface area contributed by atoms with Crippen molar-refractivity contribution in [3.05, 3.63) is 12.1 Å². The molecule has 88 valence electrons. The molecule has 6 heteroatoms. The van der Waals surface area contributed by atoms with E-state index < -0.39 is 0 Å². The summed E-state index contributed by atoms with van der Waals surface area (Å²) in [4.78, 5) is 14.8. The van der Waals surface area contributed by atoms with Crippen LogP contribution >= 0.6 is 0 Å². The minimum Gasteiger partial charge on any atom is -0.479 e. The Morgan fingerprint density at radius 2 is 2.31 bits per heavy atom. The first-order chi connectivity index (χ1) is 7.52. The van der Waals surface area contributed by atoms with Crippen LogP contribution in [0.15, 0.2) is 12.1 Å². The molecule has 0 radical (unpaired) electrons. The average molecular weight is 224 g/mol. The zero-order valence-electron chi connectivity index (χ0n) is 9.36. The molecular formula is C10H16N4O2. The molecule has 0 saturated heterocycles. The molecule has 1 rings (SSSR count). The Morgan fingerprint density at radius 1 is 1.62 bits per heavy atom. The molecule has 0 aliphatic rings. The van der Waals surface area contributed by atoms with E-state index in [1.807, 2.05) is 6.92 Å². The highest BCUT2D eigenvalue weighted by Gasteiger charge is 2.08. The van der Waals surface area contributed by atoms with E-state index in [0.29, 0.717) is 17.4 Å². The number of hydrogen-bond acceptors (Lipinski definition) is 5. The second kappa shape index (κ2) is 5.20. The van der Waals surface area contributed by atoms with Gasteiger partial charge < -0.3 is 21.5 Å². The van der Waals surface area contributed by atoms with E-state index in [-0.39, 0.29) is 18.4 Å². The van der Waals surface area contributed by atoms with Crippen molar-refractivity contribution < 1.29 is 9.53 Å². The van der Waals surface area contributed by atoms with Crippen LogP contribution in [0, 0.1) is 0 Å². The summed E-state index contributed by atoms with van der Waals surface area (Å²) >= 11 is 0. The quantitative estimate of drug-likeness (QED) is 0.669. The first-order valence-electron chi connectivity index (χ1n) is 4.88. The number of nitrogens with one attached hydrogen (secondary N) is 1. The van der Waals surface area contributed by atoms with Crippen LogP contribution in [0.25, 0.3) is 0 Å². The number of hydrogen-bond donors (Lipinski definition) is 3. The number of nitrogens with two attached hydrogens (primary N) is 2. The highest BCUT2D eigenvalue weighted by Crippen LogP contribution is 2.20. The molecule has 0 aliphatic carbocycles. The molecule has 16 heavy (non-hydrogen) atoms. The number of primary amides is 1. The SMILES string of the molecule is COc1nc(NC(C)CC(N)=O)ccc1N. The van der Waals surface area contributed by atoms with Crippen LogP contribution < -0.4 is 21.5 Å². The maximum absolute atomic E-state index is 10.7. The fourth-order valence-corrected chi connectivity index (χ4v) is 1.30. The number of carbonyl (C=O) groups is 1. The largest absolute Gasteiger partial charge is 0.479 e. The second-order valence-electron chi connectivity index (χ2n) is 3.51. The lowest BCUT2D eigenvalue weighted by Gasteiger charge is -2.13. The lowest BCUT2D eigenvalue weighted by molar-refractivity contribution is -0.118. The maximum atomic E-state index is 10.7. The van der Waals surface area contributed by atoms with Crippen molar-refractivity contribution in [3.8, 4) is 5.88 Å². The summed E-state index contributed by atoms with van der Waals surface area (Å²) in [5, 5.41) is 3.03. The molecule has 0 fully saturated rings. The first kappa shape index (κ1) is 12.1. The van der Waals surface area contributed by atoms with Gasteiger partial charge in [-0.1, -0.05) is 0 Å². The first-order valence-corrected chi connectivity index (χ1v) is 4.88. The van der Waals surface area contributed by atoms with Gasteiger partial charge in [0, 0.05) is 12.5 Å². The molecule has 1 aromatic rings. The molecule has 0 bridgehead atoms. The second-order valence-corrected chi connectivity index (χ2v) is 3.51. The summed E-state index contributed by atoms with van der Waals surface area (Å²) in [5.74, 6) is 0.596. The predicted molar refractivity (Wildman–Crippen MR) is 62.1 cm³/mol. The van der Waals surface area contributed by atoms with Gasteiger partial charge in [-0.05, 0) is 19.1 Å². The van der Waals surface area contributed by atoms with Crippen LogP contribution in [0.2, 0.25) is 0 Å². The number of nitrogens with zero attached hydrogens (tertiary/aromatic N) is 1. The third kappa shape index (κ3) is 3.30. The fourth-order valence-electron chi connectivity index (χ4n) is 1.30. The molecule has 6 nitrogen and oxygen atoms in total. The van der Waals surface area contributed by atoms with Crippen LogP contribution in [0.4, 0.5) is 11.5 Å². The number of aromatic nitrogens is 1. The van der Waals surface area contributed by atoms with Crippen LogP contribution in [-0.4, -0.2) is 24.0 Å². The van der Waals surface area contributed by atoms with Crippen molar-refractivity contribution in [2.75, 3.05) is 18.2 Å². The molecule has 1 aromatic heterocycles.